The van der Waals surface area contributed by atoms with Gasteiger partial charge in [0.1, 0.15) is 0 Å². The topological polar surface area (TPSA) is 37.3 Å². The van der Waals surface area contributed by atoms with Crippen molar-refractivity contribution in [3.63, 3.8) is 0 Å². The van der Waals surface area contributed by atoms with Gasteiger partial charge in [0, 0.05) is 12.0 Å². The third kappa shape index (κ3) is 3.29. The Kier molecular flexibility index (Phi) is 4.59. The number of hydrogen-bond donors (Lipinski definition) is 1. The lowest BCUT2D eigenvalue weighted by Crippen LogP contribution is -2.38. The number of aliphatic hydroxyl groups is 1. The highest BCUT2D eigenvalue weighted by Gasteiger charge is 2.38. The monoisotopic (exact) mass is 316 g/mol. The summed E-state index contributed by atoms with van der Waals surface area (Å²) in [5.74, 6) is -0.283. The SMILES string of the molecule is Cc1ccc(CC(O)(C(=O)c2ccccc2)c2ccccc2)cc1. The largest absolute Gasteiger partial charge is 0.377 e. The Morgan fingerprint density at radius 3 is 1.96 bits per heavy atom. The van der Waals surface area contributed by atoms with E-state index in [4.69, 9.17) is 0 Å². The van der Waals surface area contributed by atoms with Gasteiger partial charge < -0.3 is 5.11 Å². The summed E-state index contributed by atoms with van der Waals surface area (Å²) >= 11 is 0. The van der Waals surface area contributed by atoms with Crippen molar-refractivity contribution in [2.45, 2.75) is 18.9 Å². The van der Waals surface area contributed by atoms with E-state index in [1.165, 1.54) is 0 Å². The molecule has 0 amide bonds. The molecular formula is C22H20O2. The van der Waals surface area contributed by atoms with Crippen molar-refractivity contribution in [1.29, 1.82) is 0 Å². The van der Waals surface area contributed by atoms with Gasteiger partial charge in [-0.15, -0.1) is 0 Å². The Morgan fingerprint density at radius 2 is 1.38 bits per heavy atom. The smallest absolute Gasteiger partial charge is 0.199 e. The molecule has 0 heterocycles. The first-order valence-corrected chi connectivity index (χ1v) is 8.03. The molecule has 0 bridgehead atoms. The fourth-order valence-corrected chi connectivity index (χ4v) is 2.86. The second kappa shape index (κ2) is 6.81. The van der Waals surface area contributed by atoms with E-state index < -0.39 is 5.60 Å². The molecule has 1 atom stereocenters. The Hall–Kier alpha value is -2.71. The third-order valence-electron chi connectivity index (χ3n) is 4.24. The zero-order valence-corrected chi connectivity index (χ0v) is 13.6. The minimum Gasteiger partial charge on any atom is -0.377 e. The predicted octanol–water partition coefficient (Wildman–Crippen LogP) is 4.31. The van der Waals surface area contributed by atoms with Gasteiger partial charge in [0.25, 0.3) is 0 Å². The van der Waals surface area contributed by atoms with Crippen LogP contribution in [0.25, 0.3) is 0 Å². The molecule has 1 N–H and O–H groups in total. The first kappa shape index (κ1) is 16.2. The van der Waals surface area contributed by atoms with E-state index in [0.29, 0.717) is 11.1 Å². The maximum Gasteiger partial charge on any atom is 0.199 e. The third-order valence-corrected chi connectivity index (χ3v) is 4.24. The summed E-state index contributed by atoms with van der Waals surface area (Å²) in [6.45, 7) is 2.02. The number of ketones is 1. The number of carbonyl (C=O) groups is 1. The average Bonchev–Trinajstić information content (AvgIpc) is 2.64. The van der Waals surface area contributed by atoms with E-state index in [0.717, 1.165) is 11.1 Å². The first-order chi connectivity index (χ1) is 11.6. The maximum absolute atomic E-state index is 13.1. The lowest BCUT2D eigenvalue weighted by atomic mass is 9.81. The standard InChI is InChI=1S/C22H20O2/c1-17-12-14-18(15-13-17)16-22(24,20-10-6-3-7-11-20)21(23)19-8-4-2-5-9-19/h2-15,24H,16H2,1H3. The van der Waals surface area contributed by atoms with E-state index in [2.05, 4.69) is 0 Å². The van der Waals surface area contributed by atoms with Crippen LogP contribution in [0.3, 0.4) is 0 Å². The molecular weight excluding hydrogens is 296 g/mol. The van der Waals surface area contributed by atoms with Gasteiger partial charge in [0.05, 0.1) is 0 Å². The molecule has 2 nitrogen and oxygen atoms in total. The van der Waals surface area contributed by atoms with Crippen molar-refractivity contribution in [3.8, 4) is 0 Å². The normalized spacial score (nSPS) is 13.2. The number of benzene rings is 3. The molecule has 24 heavy (non-hydrogen) atoms. The number of hydrogen-bond acceptors (Lipinski definition) is 2. The van der Waals surface area contributed by atoms with E-state index in [9.17, 15) is 9.90 Å². The van der Waals surface area contributed by atoms with Crippen molar-refractivity contribution in [2.75, 3.05) is 0 Å². The lowest BCUT2D eigenvalue weighted by Gasteiger charge is -2.27. The highest BCUT2D eigenvalue weighted by molar-refractivity contribution is 6.03. The van der Waals surface area contributed by atoms with Gasteiger partial charge in [0.2, 0.25) is 0 Å². The molecule has 0 aliphatic rings. The van der Waals surface area contributed by atoms with Crippen molar-refractivity contribution < 1.29 is 9.90 Å². The minimum atomic E-state index is -1.59. The van der Waals surface area contributed by atoms with Crippen LogP contribution in [0.15, 0.2) is 84.9 Å². The summed E-state index contributed by atoms with van der Waals surface area (Å²) in [6.07, 6.45) is 0.241. The molecule has 3 aromatic carbocycles. The molecule has 3 rings (SSSR count). The zero-order valence-electron chi connectivity index (χ0n) is 13.6. The molecule has 3 aromatic rings. The fraction of sp³-hybridized carbons (Fsp3) is 0.136. The van der Waals surface area contributed by atoms with Crippen LogP contribution in [0, 0.1) is 6.92 Å². The van der Waals surface area contributed by atoms with Gasteiger partial charge in [-0.2, -0.15) is 0 Å². The van der Waals surface area contributed by atoms with Crippen molar-refractivity contribution >= 4 is 5.78 Å². The summed E-state index contributed by atoms with van der Waals surface area (Å²) in [4.78, 5) is 13.1. The Labute approximate surface area is 142 Å². The molecule has 0 fully saturated rings. The van der Waals surface area contributed by atoms with Crippen LogP contribution in [0.4, 0.5) is 0 Å². The molecule has 0 aliphatic heterocycles. The quantitative estimate of drug-likeness (QED) is 0.712. The van der Waals surface area contributed by atoms with Crippen LogP contribution in [0.2, 0.25) is 0 Å². The summed E-state index contributed by atoms with van der Waals surface area (Å²) in [5.41, 5.74) is 1.61. The van der Waals surface area contributed by atoms with Crippen LogP contribution < -0.4 is 0 Å². The fourth-order valence-electron chi connectivity index (χ4n) is 2.86. The molecule has 1 unspecified atom stereocenters. The van der Waals surface area contributed by atoms with Crippen molar-refractivity contribution in [1.82, 2.24) is 0 Å². The molecule has 0 spiro atoms. The average molecular weight is 316 g/mol. The van der Waals surface area contributed by atoms with Crippen LogP contribution in [-0.4, -0.2) is 10.9 Å². The van der Waals surface area contributed by atoms with Crippen LogP contribution in [0.1, 0.15) is 27.0 Å². The van der Waals surface area contributed by atoms with Gasteiger partial charge in [0.15, 0.2) is 11.4 Å². The summed E-state index contributed by atoms with van der Waals surface area (Å²) < 4.78 is 0. The Bertz CT molecular complexity index is 808. The number of Topliss-reactive ketones (excluding diaryl/α,β-unsaturated/α-hetero) is 1. The molecule has 0 saturated heterocycles. The highest BCUT2D eigenvalue weighted by atomic mass is 16.3. The van der Waals surface area contributed by atoms with E-state index in [1.54, 1.807) is 24.3 Å². The highest BCUT2D eigenvalue weighted by Crippen LogP contribution is 2.30. The second-order valence-electron chi connectivity index (χ2n) is 6.08. The molecule has 0 aromatic heterocycles. The summed E-state index contributed by atoms with van der Waals surface area (Å²) in [5, 5.41) is 11.4. The molecule has 2 heteroatoms. The minimum absolute atomic E-state index is 0.241. The van der Waals surface area contributed by atoms with E-state index >= 15 is 0 Å². The number of rotatable bonds is 5. The van der Waals surface area contributed by atoms with Gasteiger partial charge in [-0.3, -0.25) is 4.79 Å². The Morgan fingerprint density at radius 1 is 0.833 bits per heavy atom. The summed E-state index contributed by atoms with van der Waals surface area (Å²) in [6, 6.07) is 26.0. The Balaban J connectivity index is 2.04. The van der Waals surface area contributed by atoms with Gasteiger partial charge in [-0.25, -0.2) is 0 Å². The second-order valence-corrected chi connectivity index (χ2v) is 6.08. The van der Waals surface area contributed by atoms with Crippen LogP contribution >= 0.6 is 0 Å². The van der Waals surface area contributed by atoms with Gasteiger partial charge in [-0.1, -0.05) is 90.5 Å². The van der Waals surface area contributed by atoms with E-state index in [-0.39, 0.29) is 12.2 Å². The van der Waals surface area contributed by atoms with Gasteiger partial charge >= 0.3 is 0 Å². The maximum atomic E-state index is 13.1. The molecule has 0 radical (unpaired) electrons. The van der Waals surface area contributed by atoms with Gasteiger partial charge in [-0.05, 0) is 18.1 Å². The van der Waals surface area contributed by atoms with Crippen molar-refractivity contribution in [2.24, 2.45) is 0 Å². The van der Waals surface area contributed by atoms with Crippen LogP contribution in [-0.2, 0) is 12.0 Å². The first-order valence-electron chi connectivity index (χ1n) is 8.03. The van der Waals surface area contributed by atoms with Crippen LogP contribution in [0.5, 0.6) is 0 Å². The number of carbonyl (C=O) groups excluding carboxylic acids is 1. The number of aryl methyl sites for hydroxylation is 1. The molecule has 120 valence electrons. The van der Waals surface area contributed by atoms with E-state index in [1.807, 2.05) is 67.6 Å². The lowest BCUT2D eigenvalue weighted by molar-refractivity contribution is 0.0299. The molecule has 0 saturated carbocycles. The zero-order chi connectivity index (χ0) is 17.0. The predicted molar refractivity (Wildman–Crippen MR) is 96.0 cm³/mol. The van der Waals surface area contributed by atoms with Crippen molar-refractivity contribution in [3.05, 3.63) is 107 Å². The molecule has 0 aliphatic carbocycles. The summed E-state index contributed by atoms with van der Waals surface area (Å²) in [7, 11) is 0.